The summed E-state index contributed by atoms with van der Waals surface area (Å²) in [5, 5.41) is 10.5. The van der Waals surface area contributed by atoms with Gasteiger partial charge in [0.15, 0.2) is 5.16 Å². The summed E-state index contributed by atoms with van der Waals surface area (Å²) in [7, 11) is 0. The number of hydrogen-bond donors (Lipinski definition) is 2. The summed E-state index contributed by atoms with van der Waals surface area (Å²) in [6.45, 7) is 7.23. The molecule has 0 saturated carbocycles. The fraction of sp³-hybridized carbons (Fsp3) is 0.333. The number of aromatic amines is 1. The highest BCUT2D eigenvalue weighted by atomic mass is 32.2. The highest BCUT2D eigenvalue weighted by Gasteiger charge is 2.17. The molecule has 0 spiro atoms. The topological polar surface area (TPSA) is 87.7 Å². The van der Waals surface area contributed by atoms with Crippen molar-refractivity contribution in [2.75, 3.05) is 5.32 Å². The molecule has 116 valence electrons. The van der Waals surface area contributed by atoms with Crippen molar-refractivity contribution < 1.29 is 4.79 Å². The Hall–Kier alpha value is -2.15. The summed E-state index contributed by atoms with van der Waals surface area (Å²) in [4.78, 5) is 26.4. The number of benzene rings is 1. The van der Waals surface area contributed by atoms with Gasteiger partial charge in [0.25, 0.3) is 5.56 Å². The van der Waals surface area contributed by atoms with E-state index in [0.29, 0.717) is 10.9 Å². The number of hydrogen-bond acceptors (Lipinski definition) is 5. The van der Waals surface area contributed by atoms with E-state index in [1.54, 1.807) is 13.8 Å². The van der Waals surface area contributed by atoms with E-state index in [-0.39, 0.29) is 11.5 Å². The van der Waals surface area contributed by atoms with Crippen LogP contribution in [-0.2, 0) is 4.79 Å². The molecule has 0 aliphatic rings. The maximum atomic E-state index is 12.3. The zero-order chi connectivity index (χ0) is 16.3. The first-order valence-electron chi connectivity index (χ1n) is 6.86. The zero-order valence-electron chi connectivity index (χ0n) is 12.9. The molecule has 0 saturated heterocycles. The van der Waals surface area contributed by atoms with Crippen LogP contribution < -0.4 is 10.9 Å². The van der Waals surface area contributed by atoms with Gasteiger partial charge in [-0.05, 0) is 38.8 Å². The molecule has 1 aromatic carbocycles. The Labute approximate surface area is 132 Å². The number of nitrogens with one attached hydrogen (secondary N) is 2. The number of carbonyl (C=O) groups is 1. The summed E-state index contributed by atoms with van der Waals surface area (Å²) < 4.78 is 0. The number of amides is 1. The highest BCUT2D eigenvalue weighted by Crippen LogP contribution is 2.23. The lowest BCUT2D eigenvalue weighted by Crippen LogP contribution is -2.24. The van der Waals surface area contributed by atoms with E-state index in [0.717, 1.165) is 28.6 Å². The number of H-pyrrole nitrogens is 1. The molecule has 1 aromatic heterocycles. The van der Waals surface area contributed by atoms with Crippen molar-refractivity contribution in [3.05, 3.63) is 45.4 Å². The maximum Gasteiger partial charge on any atom is 0.273 e. The third kappa shape index (κ3) is 3.73. The lowest BCUT2D eigenvalue weighted by atomic mass is 10.1. The van der Waals surface area contributed by atoms with Gasteiger partial charge in [-0.25, -0.2) is 0 Å². The van der Waals surface area contributed by atoms with Gasteiger partial charge >= 0.3 is 0 Å². The molecule has 2 N–H and O–H groups in total. The van der Waals surface area contributed by atoms with E-state index >= 15 is 0 Å². The Balaban J connectivity index is 2.09. The second-order valence-electron chi connectivity index (χ2n) is 5.06. The van der Waals surface area contributed by atoms with E-state index in [1.165, 1.54) is 0 Å². The molecule has 0 aliphatic heterocycles. The van der Waals surface area contributed by atoms with Crippen LogP contribution in [0.25, 0.3) is 0 Å². The van der Waals surface area contributed by atoms with E-state index in [2.05, 4.69) is 20.5 Å². The minimum absolute atomic E-state index is 0.148. The van der Waals surface area contributed by atoms with Crippen molar-refractivity contribution in [1.82, 2.24) is 15.2 Å². The number of aryl methyl sites for hydroxylation is 3. The van der Waals surface area contributed by atoms with Gasteiger partial charge in [-0.15, -0.1) is 10.2 Å². The number of thioether (sulfide) groups is 1. The summed E-state index contributed by atoms with van der Waals surface area (Å²) in [6, 6.07) is 5.85. The first-order chi connectivity index (χ1) is 10.4. The SMILES string of the molecule is Cc1cccc(C)c1NC(=O)C(C)Sc1nnc(C)c(=O)[nH]1. The molecule has 1 atom stereocenters. The molecule has 0 aliphatic carbocycles. The molecule has 1 amide bonds. The Bertz CT molecular complexity index is 737. The monoisotopic (exact) mass is 318 g/mol. The van der Waals surface area contributed by atoms with Crippen molar-refractivity contribution in [2.24, 2.45) is 0 Å². The second-order valence-corrected chi connectivity index (χ2v) is 6.39. The first kappa shape index (κ1) is 16.2. The van der Waals surface area contributed by atoms with Gasteiger partial charge in [-0.2, -0.15) is 0 Å². The average molecular weight is 318 g/mol. The third-order valence-corrected chi connectivity index (χ3v) is 4.20. The van der Waals surface area contributed by atoms with E-state index in [4.69, 9.17) is 0 Å². The maximum absolute atomic E-state index is 12.3. The van der Waals surface area contributed by atoms with Crippen LogP contribution in [-0.4, -0.2) is 26.3 Å². The lowest BCUT2D eigenvalue weighted by Gasteiger charge is -2.14. The number of nitrogens with zero attached hydrogens (tertiary/aromatic N) is 2. The van der Waals surface area contributed by atoms with Gasteiger partial charge in [-0.1, -0.05) is 30.0 Å². The number of para-hydroxylation sites is 1. The van der Waals surface area contributed by atoms with Crippen molar-refractivity contribution in [1.29, 1.82) is 0 Å². The number of rotatable bonds is 4. The number of anilines is 1. The fourth-order valence-corrected chi connectivity index (χ4v) is 2.63. The molecule has 0 bridgehead atoms. The van der Waals surface area contributed by atoms with Crippen LogP contribution in [0, 0.1) is 20.8 Å². The summed E-state index contributed by atoms with van der Waals surface area (Å²) in [5.74, 6) is -0.148. The molecule has 0 fully saturated rings. The molecule has 1 unspecified atom stereocenters. The van der Waals surface area contributed by atoms with Crippen LogP contribution in [0.2, 0.25) is 0 Å². The molecule has 7 heteroatoms. The van der Waals surface area contributed by atoms with Crippen LogP contribution in [0.3, 0.4) is 0 Å². The predicted molar refractivity (Wildman–Crippen MR) is 87.3 cm³/mol. The molecular formula is C15H18N4O2S. The van der Waals surface area contributed by atoms with Crippen molar-refractivity contribution in [2.45, 2.75) is 38.1 Å². The largest absolute Gasteiger partial charge is 0.325 e. The van der Waals surface area contributed by atoms with Gasteiger partial charge < -0.3 is 5.32 Å². The Kier molecular flexibility index (Phi) is 4.97. The standard InChI is InChI=1S/C15H18N4O2S/c1-8-6-5-7-9(2)12(8)16-14(21)11(4)22-15-17-13(20)10(3)18-19-15/h5-7,11H,1-4H3,(H,16,21)(H,17,19,20). The van der Waals surface area contributed by atoms with Crippen molar-refractivity contribution in [3.63, 3.8) is 0 Å². The molecule has 1 heterocycles. The van der Waals surface area contributed by atoms with Gasteiger partial charge in [-0.3, -0.25) is 14.6 Å². The summed E-state index contributed by atoms with van der Waals surface area (Å²) in [5.41, 5.74) is 2.85. The van der Waals surface area contributed by atoms with Crippen molar-refractivity contribution >= 4 is 23.4 Å². The van der Waals surface area contributed by atoms with Gasteiger partial charge in [0.2, 0.25) is 5.91 Å². The van der Waals surface area contributed by atoms with Crippen molar-refractivity contribution in [3.8, 4) is 0 Å². The van der Waals surface area contributed by atoms with Crippen LogP contribution >= 0.6 is 11.8 Å². The molecular weight excluding hydrogens is 300 g/mol. The smallest absolute Gasteiger partial charge is 0.273 e. The summed E-state index contributed by atoms with van der Waals surface area (Å²) in [6.07, 6.45) is 0. The molecule has 0 radical (unpaired) electrons. The summed E-state index contributed by atoms with van der Waals surface area (Å²) >= 11 is 1.16. The normalized spacial score (nSPS) is 12.0. The molecule has 22 heavy (non-hydrogen) atoms. The second kappa shape index (κ2) is 6.74. The van der Waals surface area contributed by atoms with Crippen LogP contribution in [0.4, 0.5) is 5.69 Å². The predicted octanol–water partition coefficient (Wildman–Crippen LogP) is 2.21. The lowest BCUT2D eigenvalue weighted by molar-refractivity contribution is -0.115. The van der Waals surface area contributed by atoms with Gasteiger partial charge in [0.05, 0.1) is 5.25 Å². The quantitative estimate of drug-likeness (QED) is 0.844. The average Bonchev–Trinajstić information content (AvgIpc) is 2.46. The first-order valence-corrected chi connectivity index (χ1v) is 7.73. The molecule has 2 aromatic rings. The van der Waals surface area contributed by atoms with Crippen LogP contribution in [0.5, 0.6) is 0 Å². The number of aromatic nitrogens is 3. The number of carbonyl (C=O) groups excluding carboxylic acids is 1. The highest BCUT2D eigenvalue weighted by molar-refractivity contribution is 8.00. The molecule has 2 rings (SSSR count). The fourth-order valence-electron chi connectivity index (χ4n) is 1.89. The van der Waals surface area contributed by atoms with E-state index in [9.17, 15) is 9.59 Å². The van der Waals surface area contributed by atoms with E-state index < -0.39 is 5.25 Å². The van der Waals surface area contributed by atoms with Crippen LogP contribution in [0.1, 0.15) is 23.7 Å². The van der Waals surface area contributed by atoms with Gasteiger partial charge in [0, 0.05) is 5.69 Å². The van der Waals surface area contributed by atoms with E-state index in [1.807, 2.05) is 32.0 Å². The van der Waals surface area contributed by atoms with Gasteiger partial charge in [0.1, 0.15) is 5.69 Å². The van der Waals surface area contributed by atoms with Crippen LogP contribution in [0.15, 0.2) is 28.2 Å². The third-order valence-electron chi connectivity index (χ3n) is 3.23. The minimum Gasteiger partial charge on any atom is -0.325 e. The zero-order valence-corrected chi connectivity index (χ0v) is 13.7. The Morgan fingerprint density at radius 3 is 2.45 bits per heavy atom. The minimum atomic E-state index is -0.410. The molecule has 6 nitrogen and oxygen atoms in total. The Morgan fingerprint density at radius 1 is 1.23 bits per heavy atom. The Morgan fingerprint density at radius 2 is 1.86 bits per heavy atom.